The predicted octanol–water partition coefficient (Wildman–Crippen LogP) is 0.716. The molecule has 2 aromatic rings. The Morgan fingerprint density at radius 2 is 2.28 bits per heavy atom. The van der Waals surface area contributed by atoms with Gasteiger partial charge >= 0.3 is 0 Å². The van der Waals surface area contributed by atoms with Gasteiger partial charge in [0.1, 0.15) is 0 Å². The third-order valence-electron chi connectivity index (χ3n) is 2.63. The highest BCUT2D eigenvalue weighted by atomic mass is 32.2. The van der Waals surface area contributed by atoms with E-state index in [1.807, 2.05) is 17.7 Å². The number of hydrogen-bond acceptors (Lipinski definition) is 7. The van der Waals surface area contributed by atoms with Gasteiger partial charge < -0.3 is 5.73 Å². The zero-order chi connectivity index (χ0) is 12.5. The molecule has 0 aromatic carbocycles. The van der Waals surface area contributed by atoms with E-state index in [1.54, 1.807) is 0 Å². The summed E-state index contributed by atoms with van der Waals surface area (Å²) in [6.45, 7) is 2.33. The topological polar surface area (TPSA) is 95.4 Å². The lowest BCUT2D eigenvalue weighted by Crippen LogP contribution is -2.04. The first-order valence-corrected chi connectivity index (χ1v) is 6.58. The Balaban J connectivity index is 1.87. The molecule has 0 saturated heterocycles. The zero-order valence-electron chi connectivity index (χ0n) is 9.94. The van der Waals surface area contributed by atoms with Crippen LogP contribution in [0.4, 0.5) is 0 Å². The molecule has 0 spiro atoms. The normalized spacial score (nSPS) is 15.0. The largest absolute Gasteiger partial charge is 0.325 e. The first-order valence-electron chi connectivity index (χ1n) is 5.76. The van der Waals surface area contributed by atoms with Crippen LogP contribution in [0.5, 0.6) is 0 Å². The van der Waals surface area contributed by atoms with Crippen molar-refractivity contribution in [1.29, 1.82) is 0 Å². The van der Waals surface area contributed by atoms with Crippen molar-refractivity contribution in [1.82, 2.24) is 30.2 Å². The summed E-state index contributed by atoms with van der Waals surface area (Å²) in [6, 6.07) is 2.33. The minimum absolute atomic E-state index is 0.407. The van der Waals surface area contributed by atoms with Crippen LogP contribution in [0, 0.1) is 6.92 Å². The van der Waals surface area contributed by atoms with E-state index < -0.39 is 0 Å². The molecule has 0 aliphatic heterocycles. The Labute approximate surface area is 108 Å². The van der Waals surface area contributed by atoms with Crippen LogP contribution < -0.4 is 5.73 Å². The van der Waals surface area contributed by atoms with Crippen LogP contribution in [0.1, 0.15) is 30.3 Å². The quantitative estimate of drug-likeness (QED) is 0.812. The number of rotatable bonds is 4. The molecule has 2 heterocycles. The Kier molecular flexibility index (Phi) is 2.96. The minimum atomic E-state index is 0.407. The van der Waals surface area contributed by atoms with E-state index in [0.29, 0.717) is 17.7 Å². The van der Waals surface area contributed by atoms with Crippen molar-refractivity contribution in [2.45, 2.75) is 42.7 Å². The van der Waals surface area contributed by atoms with Crippen LogP contribution in [-0.2, 0) is 6.54 Å². The lowest BCUT2D eigenvalue weighted by molar-refractivity contribution is 0.565. The predicted molar refractivity (Wildman–Crippen MR) is 64.9 cm³/mol. The van der Waals surface area contributed by atoms with Gasteiger partial charge in [0.15, 0.2) is 5.16 Å². The average Bonchev–Trinajstić information content (AvgIpc) is 3.10. The first kappa shape index (κ1) is 11.5. The number of aryl methyl sites for hydroxylation is 1. The fourth-order valence-electron chi connectivity index (χ4n) is 1.64. The third-order valence-corrected chi connectivity index (χ3v) is 3.45. The molecule has 0 bridgehead atoms. The van der Waals surface area contributed by atoms with E-state index in [1.165, 1.54) is 11.8 Å². The van der Waals surface area contributed by atoms with E-state index in [9.17, 15) is 0 Å². The van der Waals surface area contributed by atoms with Crippen molar-refractivity contribution in [2.24, 2.45) is 5.73 Å². The van der Waals surface area contributed by atoms with Crippen LogP contribution in [0.3, 0.4) is 0 Å². The molecule has 0 radical (unpaired) electrons. The number of nitrogens with zero attached hydrogens (tertiary/aromatic N) is 6. The lowest BCUT2D eigenvalue weighted by Gasteiger charge is -2.04. The van der Waals surface area contributed by atoms with Crippen molar-refractivity contribution in [3.63, 3.8) is 0 Å². The van der Waals surface area contributed by atoms with Gasteiger partial charge in [0.25, 0.3) is 0 Å². The third kappa shape index (κ3) is 2.34. The molecular weight excluding hydrogens is 250 g/mol. The summed E-state index contributed by atoms with van der Waals surface area (Å²) in [5, 5.41) is 13.1. The fraction of sp³-hybridized carbons (Fsp3) is 0.500. The van der Waals surface area contributed by atoms with Gasteiger partial charge in [-0.1, -0.05) is 0 Å². The second-order valence-corrected chi connectivity index (χ2v) is 5.16. The fourth-order valence-corrected chi connectivity index (χ4v) is 2.51. The van der Waals surface area contributed by atoms with Gasteiger partial charge in [-0.3, -0.25) is 0 Å². The molecular formula is C10H13N7S. The maximum absolute atomic E-state index is 5.60. The second kappa shape index (κ2) is 4.62. The Hall–Kier alpha value is -1.54. The highest BCUT2D eigenvalue weighted by Gasteiger charge is 2.28. The Morgan fingerprint density at radius 1 is 1.44 bits per heavy atom. The van der Waals surface area contributed by atoms with Crippen LogP contribution >= 0.6 is 11.8 Å². The lowest BCUT2D eigenvalue weighted by atomic mass is 10.3. The summed E-state index contributed by atoms with van der Waals surface area (Å²) >= 11 is 1.38. The molecule has 0 unspecified atom stereocenters. The van der Waals surface area contributed by atoms with E-state index in [0.717, 1.165) is 29.4 Å². The summed E-state index contributed by atoms with van der Waals surface area (Å²) in [7, 11) is 0. The van der Waals surface area contributed by atoms with Crippen molar-refractivity contribution in [3.05, 3.63) is 17.5 Å². The molecule has 2 N–H and O–H groups in total. The smallest absolute Gasteiger partial charge is 0.217 e. The van der Waals surface area contributed by atoms with Crippen molar-refractivity contribution >= 4 is 11.8 Å². The molecule has 18 heavy (non-hydrogen) atoms. The van der Waals surface area contributed by atoms with Gasteiger partial charge in [-0.15, -0.1) is 5.10 Å². The van der Waals surface area contributed by atoms with Crippen molar-refractivity contribution in [2.75, 3.05) is 0 Å². The monoisotopic (exact) mass is 263 g/mol. The van der Waals surface area contributed by atoms with E-state index in [2.05, 4.69) is 25.5 Å². The zero-order valence-corrected chi connectivity index (χ0v) is 10.8. The van der Waals surface area contributed by atoms with E-state index in [-0.39, 0.29) is 0 Å². The molecule has 1 aliphatic carbocycles. The molecule has 1 aliphatic rings. The van der Waals surface area contributed by atoms with Crippen LogP contribution in [0.2, 0.25) is 0 Å². The van der Waals surface area contributed by atoms with Crippen LogP contribution in [0.15, 0.2) is 16.4 Å². The Morgan fingerprint density at radius 3 is 3.00 bits per heavy atom. The van der Waals surface area contributed by atoms with Gasteiger partial charge in [-0.2, -0.15) is 0 Å². The van der Waals surface area contributed by atoms with Gasteiger partial charge in [0.05, 0.1) is 11.7 Å². The summed E-state index contributed by atoms with van der Waals surface area (Å²) in [6.07, 6.45) is 2.28. The second-order valence-electron chi connectivity index (χ2n) is 4.23. The summed E-state index contributed by atoms with van der Waals surface area (Å²) in [4.78, 5) is 8.73. The van der Waals surface area contributed by atoms with Gasteiger partial charge in [0.2, 0.25) is 5.16 Å². The molecule has 7 nitrogen and oxygen atoms in total. The highest BCUT2D eigenvalue weighted by Crippen LogP contribution is 2.37. The van der Waals surface area contributed by atoms with Crippen molar-refractivity contribution in [3.8, 4) is 0 Å². The standard InChI is InChI=1S/C10H13N7S/c1-6-4-7(5-11)13-9(12-6)18-10-14-15-16-17(10)8-2-3-8/h4,8H,2-3,5,11H2,1H3. The Bertz CT molecular complexity index is 563. The van der Waals surface area contributed by atoms with Crippen LogP contribution in [-0.4, -0.2) is 30.2 Å². The van der Waals surface area contributed by atoms with E-state index >= 15 is 0 Å². The maximum atomic E-state index is 5.60. The molecule has 3 rings (SSSR count). The van der Waals surface area contributed by atoms with Crippen LogP contribution in [0.25, 0.3) is 0 Å². The first-order chi connectivity index (χ1) is 8.76. The highest BCUT2D eigenvalue weighted by molar-refractivity contribution is 7.99. The molecule has 0 atom stereocenters. The van der Waals surface area contributed by atoms with E-state index in [4.69, 9.17) is 5.73 Å². The average molecular weight is 263 g/mol. The SMILES string of the molecule is Cc1cc(CN)nc(Sc2nnnn2C2CC2)n1. The molecule has 8 heteroatoms. The van der Waals surface area contributed by atoms with Gasteiger partial charge in [-0.25, -0.2) is 14.6 Å². The molecule has 0 amide bonds. The molecule has 94 valence electrons. The molecule has 1 saturated carbocycles. The van der Waals surface area contributed by atoms with Crippen molar-refractivity contribution < 1.29 is 0 Å². The number of nitrogens with two attached hydrogens (primary N) is 1. The maximum Gasteiger partial charge on any atom is 0.217 e. The summed E-state index contributed by atoms with van der Waals surface area (Å²) < 4.78 is 1.85. The van der Waals surface area contributed by atoms with Gasteiger partial charge in [-0.05, 0) is 48.0 Å². The van der Waals surface area contributed by atoms with Gasteiger partial charge in [0, 0.05) is 12.2 Å². The number of aromatic nitrogens is 6. The molecule has 1 fully saturated rings. The summed E-state index contributed by atoms with van der Waals surface area (Å²) in [5.41, 5.74) is 7.33. The summed E-state index contributed by atoms with van der Waals surface area (Å²) in [5.74, 6) is 0. The number of tetrazole rings is 1. The minimum Gasteiger partial charge on any atom is -0.325 e. The molecule has 2 aromatic heterocycles. The number of hydrogen-bond donors (Lipinski definition) is 1.